The monoisotopic (exact) mass is 316 g/mol. The Hall–Kier alpha value is -1.81. The molecule has 0 aliphatic rings. The molecule has 0 aliphatic carbocycles. The SMILES string of the molecule is COc1ccc(-c2nc3ccc(C)cc3[nH]2)cc1Br. The lowest BCUT2D eigenvalue weighted by Crippen LogP contribution is -1.86. The number of nitrogens with one attached hydrogen (secondary N) is 1. The molecule has 0 fully saturated rings. The summed E-state index contributed by atoms with van der Waals surface area (Å²) >= 11 is 3.49. The Labute approximate surface area is 119 Å². The van der Waals surface area contributed by atoms with Gasteiger partial charge in [-0.2, -0.15) is 0 Å². The summed E-state index contributed by atoms with van der Waals surface area (Å²) in [6.07, 6.45) is 0. The van der Waals surface area contributed by atoms with Gasteiger partial charge < -0.3 is 9.72 Å². The summed E-state index contributed by atoms with van der Waals surface area (Å²) in [4.78, 5) is 7.95. The third kappa shape index (κ3) is 2.24. The highest BCUT2D eigenvalue weighted by Crippen LogP contribution is 2.30. The Bertz CT molecular complexity index is 749. The molecule has 19 heavy (non-hydrogen) atoms. The number of ether oxygens (including phenoxy) is 1. The standard InChI is InChI=1S/C15H13BrN2O/c1-9-3-5-12-13(7-9)18-15(17-12)10-4-6-14(19-2)11(16)8-10/h3-8H,1-2H3,(H,17,18). The number of fused-ring (bicyclic) bond motifs is 1. The Morgan fingerprint density at radius 1 is 1.16 bits per heavy atom. The van der Waals surface area contributed by atoms with Gasteiger partial charge in [-0.1, -0.05) is 6.07 Å². The van der Waals surface area contributed by atoms with Crippen molar-refractivity contribution in [2.24, 2.45) is 0 Å². The smallest absolute Gasteiger partial charge is 0.138 e. The molecule has 0 spiro atoms. The van der Waals surface area contributed by atoms with Gasteiger partial charge in [-0.05, 0) is 58.7 Å². The van der Waals surface area contributed by atoms with Crippen LogP contribution in [0.4, 0.5) is 0 Å². The fraction of sp³-hybridized carbons (Fsp3) is 0.133. The molecule has 3 nitrogen and oxygen atoms in total. The summed E-state index contributed by atoms with van der Waals surface area (Å²) in [5.74, 6) is 1.68. The summed E-state index contributed by atoms with van der Waals surface area (Å²) in [5.41, 5.74) is 4.29. The van der Waals surface area contributed by atoms with Crippen LogP contribution in [0.5, 0.6) is 5.75 Å². The highest BCUT2D eigenvalue weighted by Gasteiger charge is 2.08. The van der Waals surface area contributed by atoms with Crippen molar-refractivity contribution in [2.75, 3.05) is 7.11 Å². The van der Waals surface area contributed by atoms with Crippen LogP contribution >= 0.6 is 15.9 Å². The van der Waals surface area contributed by atoms with Crippen LogP contribution in [0, 0.1) is 6.92 Å². The lowest BCUT2D eigenvalue weighted by Gasteiger charge is -2.04. The van der Waals surface area contributed by atoms with Crippen LogP contribution < -0.4 is 4.74 Å². The fourth-order valence-corrected chi connectivity index (χ4v) is 2.61. The molecule has 3 rings (SSSR count). The number of aromatic nitrogens is 2. The molecular weight excluding hydrogens is 304 g/mol. The third-order valence-corrected chi connectivity index (χ3v) is 3.68. The van der Waals surface area contributed by atoms with Crippen LogP contribution in [0.25, 0.3) is 22.4 Å². The molecular formula is C15H13BrN2O. The summed E-state index contributed by atoms with van der Waals surface area (Å²) in [5, 5.41) is 0. The summed E-state index contributed by atoms with van der Waals surface area (Å²) in [7, 11) is 1.66. The van der Waals surface area contributed by atoms with Crippen LogP contribution in [0.15, 0.2) is 40.9 Å². The van der Waals surface area contributed by atoms with E-state index in [1.54, 1.807) is 7.11 Å². The zero-order valence-electron chi connectivity index (χ0n) is 10.7. The second kappa shape index (κ2) is 4.70. The molecule has 2 aromatic carbocycles. The van der Waals surface area contributed by atoms with E-state index in [4.69, 9.17) is 4.74 Å². The van der Waals surface area contributed by atoms with Gasteiger partial charge in [-0.25, -0.2) is 4.98 Å². The van der Waals surface area contributed by atoms with Crippen LogP contribution in [-0.4, -0.2) is 17.1 Å². The molecule has 1 aromatic heterocycles. The van der Waals surface area contributed by atoms with Gasteiger partial charge in [0, 0.05) is 5.56 Å². The number of halogens is 1. The number of rotatable bonds is 2. The van der Waals surface area contributed by atoms with E-state index in [9.17, 15) is 0 Å². The maximum absolute atomic E-state index is 5.23. The predicted molar refractivity (Wildman–Crippen MR) is 80.5 cm³/mol. The molecule has 96 valence electrons. The van der Waals surface area contributed by atoms with E-state index in [-0.39, 0.29) is 0 Å². The molecule has 3 aromatic rings. The van der Waals surface area contributed by atoms with Crippen molar-refractivity contribution < 1.29 is 4.74 Å². The quantitative estimate of drug-likeness (QED) is 0.765. The first-order chi connectivity index (χ1) is 9.17. The number of hydrogen-bond donors (Lipinski definition) is 1. The molecule has 0 bridgehead atoms. The average molecular weight is 317 g/mol. The van der Waals surface area contributed by atoms with Gasteiger partial charge in [-0.15, -0.1) is 0 Å². The minimum Gasteiger partial charge on any atom is -0.496 e. The van der Waals surface area contributed by atoms with Gasteiger partial charge in [0.25, 0.3) is 0 Å². The molecule has 1 N–H and O–H groups in total. The average Bonchev–Trinajstić information content (AvgIpc) is 2.81. The van der Waals surface area contributed by atoms with Crippen molar-refractivity contribution >= 4 is 27.0 Å². The van der Waals surface area contributed by atoms with Crippen molar-refractivity contribution in [1.29, 1.82) is 0 Å². The second-order valence-electron chi connectivity index (χ2n) is 4.46. The predicted octanol–water partition coefficient (Wildman–Crippen LogP) is 4.31. The van der Waals surface area contributed by atoms with Gasteiger partial charge in [0.1, 0.15) is 11.6 Å². The van der Waals surface area contributed by atoms with Gasteiger partial charge in [0.2, 0.25) is 0 Å². The number of methoxy groups -OCH3 is 1. The molecule has 1 heterocycles. The van der Waals surface area contributed by atoms with Gasteiger partial charge in [0.05, 0.1) is 22.6 Å². The topological polar surface area (TPSA) is 37.9 Å². The zero-order valence-corrected chi connectivity index (χ0v) is 12.3. The van der Waals surface area contributed by atoms with Crippen molar-refractivity contribution in [3.05, 3.63) is 46.4 Å². The largest absolute Gasteiger partial charge is 0.496 e. The first kappa shape index (κ1) is 12.2. The Morgan fingerprint density at radius 2 is 2.00 bits per heavy atom. The Morgan fingerprint density at radius 3 is 2.74 bits per heavy atom. The minimum absolute atomic E-state index is 0.815. The zero-order chi connectivity index (χ0) is 13.4. The van der Waals surface area contributed by atoms with E-state index in [1.807, 2.05) is 24.3 Å². The highest BCUT2D eigenvalue weighted by atomic mass is 79.9. The molecule has 0 saturated heterocycles. The van der Waals surface area contributed by atoms with E-state index in [1.165, 1.54) is 5.56 Å². The minimum atomic E-state index is 0.815. The number of hydrogen-bond acceptors (Lipinski definition) is 2. The number of imidazole rings is 1. The molecule has 0 aliphatic heterocycles. The van der Waals surface area contributed by atoms with Gasteiger partial charge >= 0.3 is 0 Å². The van der Waals surface area contributed by atoms with E-state index >= 15 is 0 Å². The normalized spacial score (nSPS) is 10.9. The Balaban J connectivity index is 2.11. The van der Waals surface area contributed by atoms with Crippen molar-refractivity contribution in [3.8, 4) is 17.1 Å². The molecule has 0 unspecified atom stereocenters. The molecule has 0 saturated carbocycles. The summed E-state index contributed by atoms with van der Waals surface area (Å²) in [6, 6.07) is 12.1. The molecule has 0 atom stereocenters. The van der Waals surface area contributed by atoms with Crippen molar-refractivity contribution in [2.45, 2.75) is 6.92 Å². The van der Waals surface area contributed by atoms with E-state index < -0.39 is 0 Å². The Kier molecular flexibility index (Phi) is 3.03. The summed E-state index contributed by atoms with van der Waals surface area (Å²) in [6.45, 7) is 2.07. The lowest BCUT2D eigenvalue weighted by molar-refractivity contribution is 0.412. The van der Waals surface area contributed by atoms with Crippen molar-refractivity contribution in [3.63, 3.8) is 0 Å². The van der Waals surface area contributed by atoms with Crippen molar-refractivity contribution in [1.82, 2.24) is 9.97 Å². The fourth-order valence-electron chi connectivity index (χ4n) is 2.07. The number of H-pyrrole nitrogens is 1. The summed E-state index contributed by atoms with van der Waals surface area (Å²) < 4.78 is 6.15. The number of aryl methyl sites for hydroxylation is 1. The maximum Gasteiger partial charge on any atom is 0.138 e. The van der Waals surface area contributed by atoms with E-state index in [2.05, 4.69) is 45.0 Å². The van der Waals surface area contributed by atoms with Gasteiger partial charge in [-0.3, -0.25) is 0 Å². The molecule has 0 radical (unpaired) electrons. The number of aromatic amines is 1. The number of nitrogens with zero attached hydrogens (tertiary/aromatic N) is 1. The maximum atomic E-state index is 5.23. The highest BCUT2D eigenvalue weighted by molar-refractivity contribution is 9.10. The number of benzene rings is 2. The lowest BCUT2D eigenvalue weighted by atomic mass is 10.2. The van der Waals surface area contributed by atoms with Crippen LogP contribution in [0.3, 0.4) is 0 Å². The first-order valence-corrected chi connectivity index (χ1v) is 6.77. The first-order valence-electron chi connectivity index (χ1n) is 5.97. The molecule has 4 heteroatoms. The van der Waals surface area contributed by atoms with Crippen LogP contribution in [-0.2, 0) is 0 Å². The second-order valence-corrected chi connectivity index (χ2v) is 5.31. The van der Waals surface area contributed by atoms with Crippen LogP contribution in [0.2, 0.25) is 0 Å². The van der Waals surface area contributed by atoms with Crippen LogP contribution in [0.1, 0.15) is 5.56 Å². The van der Waals surface area contributed by atoms with E-state index in [0.29, 0.717) is 0 Å². The third-order valence-electron chi connectivity index (χ3n) is 3.06. The van der Waals surface area contributed by atoms with E-state index in [0.717, 1.165) is 32.6 Å². The molecule has 0 amide bonds. The van der Waals surface area contributed by atoms with Gasteiger partial charge in [0.15, 0.2) is 0 Å².